The number of hydrogen-bond donors (Lipinski definition) is 1. The first-order chi connectivity index (χ1) is 8.77. The molecule has 106 valence electrons. The van der Waals surface area contributed by atoms with Gasteiger partial charge in [0, 0.05) is 6.04 Å². The lowest BCUT2D eigenvalue weighted by Crippen LogP contribution is -2.33. The van der Waals surface area contributed by atoms with Crippen molar-refractivity contribution in [1.82, 2.24) is 5.32 Å². The molecule has 1 saturated carbocycles. The lowest BCUT2D eigenvalue weighted by molar-refractivity contribution is -0.139. The molecule has 0 aromatic heterocycles. The summed E-state index contributed by atoms with van der Waals surface area (Å²) in [5.41, 5.74) is 0. The van der Waals surface area contributed by atoms with Crippen molar-refractivity contribution >= 4 is 17.7 Å². The average molecular weight is 273 g/mol. The predicted molar refractivity (Wildman–Crippen MR) is 78.0 cm³/mol. The summed E-state index contributed by atoms with van der Waals surface area (Å²) in [6, 6.07) is 0.716. The summed E-state index contributed by atoms with van der Waals surface area (Å²) < 4.78 is 4.92. The fourth-order valence-corrected chi connectivity index (χ4v) is 3.44. The summed E-state index contributed by atoms with van der Waals surface area (Å²) in [6.07, 6.45) is 6.47. The predicted octanol–water partition coefficient (Wildman–Crippen LogP) is 2.84. The average Bonchev–Trinajstić information content (AvgIpc) is 2.80. The molecule has 0 bridgehead atoms. The monoisotopic (exact) mass is 273 g/mol. The molecule has 1 aliphatic rings. The highest BCUT2D eigenvalue weighted by Gasteiger charge is 2.25. The van der Waals surface area contributed by atoms with E-state index in [0.717, 1.165) is 18.2 Å². The van der Waals surface area contributed by atoms with Crippen LogP contribution in [0.1, 0.15) is 46.0 Å². The van der Waals surface area contributed by atoms with Crippen molar-refractivity contribution in [2.24, 2.45) is 5.92 Å². The Hall–Kier alpha value is -0.220. The molecule has 0 amide bonds. The van der Waals surface area contributed by atoms with Gasteiger partial charge in [-0.05, 0) is 50.8 Å². The van der Waals surface area contributed by atoms with E-state index >= 15 is 0 Å². The summed E-state index contributed by atoms with van der Waals surface area (Å²) in [4.78, 5) is 11.2. The van der Waals surface area contributed by atoms with E-state index in [4.69, 9.17) is 4.74 Å². The molecular formula is C14H27NO2S. The molecule has 0 spiro atoms. The summed E-state index contributed by atoms with van der Waals surface area (Å²) in [6.45, 7) is 5.69. The van der Waals surface area contributed by atoms with Gasteiger partial charge in [-0.3, -0.25) is 4.79 Å². The highest BCUT2D eigenvalue weighted by Crippen LogP contribution is 2.29. The molecule has 0 aromatic rings. The van der Waals surface area contributed by atoms with Crippen molar-refractivity contribution in [2.45, 2.75) is 52.0 Å². The molecular weight excluding hydrogens is 246 g/mol. The molecule has 2 atom stereocenters. The van der Waals surface area contributed by atoms with Gasteiger partial charge in [-0.25, -0.2) is 0 Å². The zero-order valence-corrected chi connectivity index (χ0v) is 12.6. The van der Waals surface area contributed by atoms with Crippen LogP contribution in [0.5, 0.6) is 0 Å². The minimum Gasteiger partial charge on any atom is -0.465 e. The van der Waals surface area contributed by atoms with E-state index in [1.807, 2.05) is 6.92 Å². The maximum atomic E-state index is 11.2. The van der Waals surface area contributed by atoms with E-state index in [9.17, 15) is 4.79 Å². The first-order valence-electron chi connectivity index (χ1n) is 7.24. The molecule has 1 N–H and O–H groups in total. The number of nitrogens with one attached hydrogen (secondary N) is 1. The molecule has 1 aliphatic carbocycles. The number of thioether (sulfide) groups is 1. The second-order valence-corrected chi connectivity index (χ2v) is 6.00. The molecule has 0 saturated heterocycles. The highest BCUT2D eigenvalue weighted by molar-refractivity contribution is 7.99. The second-order valence-electron chi connectivity index (χ2n) is 4.90. The first kappa shape index (κ1) is 15.8. The van der Waals surface area contributed by atoms with Crippen LogP contribution >= 0.6 is 11.8 Å². The quantitative estimate of drug-likeness (QED) is 0.518. The Balaban J connectivity index is 2.08. The van der Waals surface area contributed by atoms with Crippen molar-refractivity contribution in [2.75, 3.05) is 24.7 Å². The summed E-state index contributed by atoms with van der Waals surface area (Å²) in [5.74, 6) is 2.32. The largest absolute Gasteiger partial charge is 0.465 e. The van der Waals surface area contributed by atoms with Crippen LogP contribution in [0, 0.1) is 5.92 Å². The normalized spacial score (nSPS) is 23.2. The third kappa shape index (κ3) is 6.10. The van der Waals surface area contributed by atoms with Crippen LogP contribution in [0.3, 0.4) is 0 Å². The van der Waals surface area contributed by atoms with Crippen molar-refractivity contribution in [1.29, 1.82) is 0 Å². The Bertz CT molecular complexity index is 236. The van der Waals surface area contributed by atoms with Crippen LogP contribution in [0.2, 0.25) is 0 Å². The van der Waals surface area contributed by atoms with Crippen LogP contribution in [0.4, 0.5) is 0 Å². The van der Waals surface area contributed by atoms with Gasteiger partial charge in [-0.15, -0.1) is 0 Å². The van der Waals surface area contributed by atoms with Gasteiger partial charge in [0.25, 0.3) is 0 Å². The van der Waals surface area contributed by atoms with Crippen molar-refractivity contribution in [3.05, 3.63) is 0 Å². The molecule has 2 unspecified atom stereocenters. The minimum absolute atomic E-state index is 0.0745. The molecule has 0 radical (unpaired) electrons. The molecule has 4 heteroatoms. The number of esters is 1. The third-order valence-electron chi connectivity index (χ3n) is 3.47. The number of carbonyl (C=O) groups excluding carboxylic acids is 1. The van der Waals surface area contributed by atoms with Gasteiger partial charge in [-0.1, -0.05) is 13.3 Å². The Morgan fingerprint density at radius 3 is 2.94 bits per heavy atom. The topological polar surface area (TPSA) is 38.3 Å². The Labute approximate surface area is 115 Å². The van der Waals surface area contributed by atoms with E-state index in [-0.39, 0.29) is 5.97 Å². The van der Waals surface area contributed by atoms with E-state index in [1.165, 1.54) is 32.1 Å². The first-order valence-corrected chi connectivity index (χ1v) is 8.40. The molecule has 0 heterocycles. The molecule has 0 aromatic carbocycles. The summed E-state index contributed by atoms with van der Waals surface area (Å²) in [7, 11) is 0. The SMILES string of the molecule is CCCNC1CCCC1CCSCC(=O)OCC. The van der Waals surface area contributed by atoms with Gasteiger partial charge in [0.2, 0.25) is 0 Å². The van der Waals surface area contributed by atoms with E-state index in [0.29, 0.717) is 18.4 Å². The highest BCUT2D eigenvalue weighted by atomic mass is 32.2. The van der Waals surface area contributed by atoms with Crippen LogP contribution in [-0.2, 0) is 9.53 Å². The Morgan fingerprint density at radius 1 is 1.39 bits per heavy atom. The molecule has 1 rings (SSSR count). The summed E-state index contributed by atoms with van der Waals surface area (Å²) in [5, 5.41) is 3.65. The second kappa shape index (κ2) is 9.68. The van der Waals surface area contributed by atoms with Crippen molar-refractivity contribution < 1.29 is 9.53 Å². The fourth-order valence-electron chi connectivity index (χ4n) is 2.57. The third-order valence-corrected chi connectivity index (χ3v) is 4.44. The van der Waals surface area contributed by atoms with Gasteiger partial charge in [-0.2, -0.15) is 11.8 Å². The summed E-state index contributed by atoms with van der Waals surface area (Å²) >= 11 is 1.71. The van der Waals surface area contributed by atoms with Crippen LogP contribution < -0.4 is 5.32 Å². The number of ether oxygens (including phenoxy) is 1. The van der Waals surface area contributed by atoms with Gasteiger partial charge < -0.3 is 10.1 Å². The lowest BCUT2D eigenvalue weighted by atomic mass is 10.0. The zero-order valence-electron chi connectivity index (χ0n) is 11.7. The van der Waals surface area contributed by atoms with Crippen molar-refractivity contribution in [3.63, 3.8) is 0 Å². The molecule has 0 aliphatic heterocycles. The van der Waals surface area contributed by atoms with E-state index < -0.39 is 0 Å². The van der Waals surface area contributed by atoms with Crippen molar-refractivity contribution in [3.8, 4) is 0 Å². The van der Waals surface area contributed by atoms with Gasteiger partial charge in [0.05, 0.1) is 12.4 Å². The zero-order chi connectivity index (χ0) is 13.2. The fraction of sp³-hybridized carbons (Fsp3) is 0.929. The van der Waals surface area contributed by atoms with Gasteiger partial charge >= 0.3 is 5.97 Å². The standard InChI is InChI=1S/C14H27NO2S/c1-3-9-15-13-7-5-6-12(13)8-10-18-11-14(16)17-4-2/h12-13,15H,3-11H2,1-2H3. The maximum absolute atomic E-state index is 11.2. The maximum Gasteiger partial charge on any atom is 0.315 e. The van der Waals surface area contributed by atoms with E-state index in [1.54, 1.807) is 11.8 Å². The van der Waals surface area contributed by atoms with Crippen LogP contribution in [0.15, 0.2) is 0 Å². The molecule has 1 fully saturated rings. The van der Waals surface area contributed by atoms with Crippen LogP contribution in [0.25, 0.3) is 0 Å². The number of carbonyl (C=O) groups is 1. The van der Waals surface area contributed by atoms with Gasteiger partial charge in [0.15, 0.2) is 0 Å². The number of hydrogen-bond acceptors (Lipinski definition) is 4. The molecule has 18 heavy (non-hydrogen) atoms. The Kier molecular flexibility index (Phi) is 8.51. The smallest absolute Gasteiger partial charge is 0.315 e. The molecule has 3 nitrogen and oxygen atoms in total. The lowest BCUT2D eigenvalue weighted by Gasteiger charge is -2.20. The van der Waals surface area contributed by atoms with Crippen LogP contribution in [-0.4, -0.2) is 36.7 Å². The minimum atomic E-state index is -0.0745. The Morgan fingerprint density at radius 2 is 2.22 bits per heavy atom. The van der Waals surface area contributed by atoms with E-state index in [2.05, 4.69) is 12.2 Å². The number of rotatable bonds is 9. The van der Waals surface area contributed by atoms with Gasteiger partial charge in [0.1, 0.15) is 0 Å².